The maximum Gasteiger partial charge on any atom is 0.230 e. The Morgan fingerprint density at radius 1 is 0.970 bits per heavy atom. The summed E-state index contributed by atoms with van der Waals surface area (Å²) < 4.78 is 13.6. The highest BCUT2D eigenvalue weighted by molar-refractivity contribution is 6.30. The second kappa shape index (κ2) is 8.64. The Hall–Kier alpha value is -3.76. The van der Waals surface area contributed by atoms with Crippen molar-refractivity contribution in [3.05, 3.63) is 113 Å². The van der Waals surface area contributed by atoms with Crippen LogP contribution < -0.4 is 4.74 Å². The number of carbonyl (C=O) groups is 1. The van der Waals surface area contributed by atoms with Gasteiger partial charge in [-0.1, -0.05) is 54.1 Å². The number of nitrogens with zero attached hydrogens (tertiary/aromatic N) is 1. The number of carbonyl (C=O) groups excluding carboxylic acids is 1. The molecule has 3 aromatic carbocycles. The lowest BCUT2D eigenvalue weighted by Crippen LogP contribution is -2.05. The average molecular weight is 456 g/mol. The van der Waals surface area contributed by atoms with Gasteiger partial charge in [-0.15, -0.1) is 0 Å². The van der Waals surface area contributed by atoms with Gasteiger partial charge in [0.05, 0.1) is 12.7 Å². The predicted molar refractivity (Wildman–Crippen MR) is 131 cm³/mol. The van der Waals surface area contributed by atoms with Crippen LogP contribution in [0.3, 0.4) is 0 Å². The largest absolute Gasteiger partial charge is 0.497 e. The Bertz CT molecular complexity index is 1450. The first-order valence-electron chi connectivity index (χ1n) is 10.7. The zero-order valence-electron chi connectivity index (χ0n) is 18.3. The molecule has 0 N–H and O–H groups in total. The van der Waals surface area contributed by atoms with Gasteiger partial charge in [-0.3, -0.25) is 4.79 Å². The topological polar surface area (TPSA) is 44.4 Å². The van der Waals surface area contributed by atoms with E-state index in [0.29, 0.717) is 34.4 Å². The summed E-state index contributed by atoms with van der Waals surface area (Å²) in [5.41, 5.74) is 4.47. The van der Waals surface area contributed by atoms with Crippen molar-refractivity contribution < 1.29 is 13.9 Å². The van der Waals surface area contributed by atoms with Crippen LogP contribution in [0.15, 0.2) is 89.3 Å². The lowest BCUT2D eigenvalue weighted by atomic mass is 10.0. The molecule has 5 heteroatoms. The fourth-order valence-electron chi connectivity index (χ4n) is 4.19. The van der Waals surface area contributed by atoms with Crippen LogP contribution >= 0.6 is 11.6 Å². The number of hydrogen-bond acceptors (Lipinski definition) is 3. The number of fused-ring (bicyclic) bond motifs is 1. The monoisotopic (exact) mass is 455 g/mol. The Kier molecular flexibility index (Phi) is 5.53. The number of methoxy groups -OCH3 is 1. The molecule has 0 saturated carbocycles. The van der Waals surface area contributed by atoms with Crippen molar-refractivity contribution in [2.24, 2.45) is 0 Å². The maximum atomic E-state index is 13.7. The number of rotatable bonds is 6. The van der Waals surface area contributed by atoms with Crippen LogP contribution in [0, 0.1) is 6.92 Å². The molecule has 2 aromatic heterocycles. The van der Waals surface area contributed by atoms with E-state index in [4.69, 9.17) is 20.8 Å². The molecule has 0 unspecified atom stereocenters. The molecular formula is C28H22ClNO3. The van der Waals surface area contributed by atoms with Gasteiger partial charge in [0, 0.05) is 33.7 Å². The highest BCUT2D eigenvalue weighted by atomic mass is 35.5. The molecule has 0 spiro atoms. The van der Waals surface area contributed by atoms with Gasteiger partial charge in [0.1, 0.15) is 11.5 Å². The smallest absolute Gasteiger partial charge is 0.230 e. The highest BCUT2D eigenvalue weighted by Gasteiger charge is 2.24. The number of furan rings is 1. The van der Waals surface area contributed by atoms with E-state index in [2.05, 4.69) is 4.57 Å². The fraction of sp³-hybridized carbons (Fsp3) is 0.107. The van der Waals surface area contributed by atoms with Crippen LogP contribution in [0.4, 0.5) is 0 Å². The fourth-order valence-corrected chi connectivity index (χ4v) is 4.32. The third-order valence-electron chi connectivity index (χ3n) is 5.90. The summed E-state index contributed by atoms with van der Waals surface area (Å²) in [6.45, 7) is 2.59. The molecule has 0 atom stereocenters. The first-order valence-corrected chi connectivity index (χ1v) is 11.0. The molecule has 0 saturated heterocycles. The predicted octanol–water partition coefficient (Wildman–Crippen LogP) is 7.15. The Morgan fingerprint density at radius 3 is 2.45 bits per heavy atom. The van der Waals surface area contributed by atoms with E-state index >= 15 is 0 Å². The van der Waals surface area contributed by atoms with Crippen molar-refractivity contribution >= 4 is 28.3 Å². The van der Waals surface area contributed by atoms with Crippen molar-refractivity contribution in [3.8, 4) is 17.1 Å². The summed E-state index contributed by atoms with van der Waals surface area (Å²) in [4.78, 5) is 13.7. The summed E-state index contributed by atoms with van der Waals surface area (Å²) in [6, 6.07) is 26.9. The molecule has 0 aliphatic carbocycles. The minimum Gasteiger partial charge on any atom is -0.497 e. The molecule has 0 amide bonds. The first kappa shape index (κ1) is 21.1. The van der Waals surface area contributed by atoms with Crippen molar-refractivity contribution in [2.75, 3.05) is 7.11 Å². The van der Waals surface area contributed by atoms with Crippen molar-refractivity contribution in [1.29, 1.82) is 0 Å². The van der Waals surface area contributed by atoms with E-state index in [9.17, 15) is 4.79 Å². The second-order valence-electron chi connectivity index (χ2n) is 7.92. The van der Waals surface area contributed by atoms with Crippen molar-refractivity contribution in [3.63, 3.8) is 0 Å². The molecule has 0 fully saturated rings. The molecular weight excluding hydrogens is 434 g/mol. The number of halogens is 1. The summed E-state index contributed by atoms with van der Waals surface area (Å²) in [5, 5.41) is 1.53. The number of aromatic nitrogens is 1. The second-order valence-corrected chi connectivity index (χ2v) is 8.35. The standard InChI is InChI=1S/C28H22ClNO3/c1-18-27(28(31)26-15-14-25(33-26)20-6-4-3-5-7-20)23-16-22(32-2)12-13-24(23)30(18)17-19-8-10-21(29)11-9-19/h3-16H,17H2,1-2H3. The van der Waals surface area contributed by atoms with Gasteiger partial charge in [0.25, 0.3) is 0 Å². The van der Waals surface area contributed by atoms with Gasteiger partial charge in [-0.2, -0.15) is 0 Å². The van der Waals surface area contributed by atoms with Crippen molar-refractivity contribution in [2.45, 2.75) is 13.5 Å². The minimum atomic E-state index is -0.150. The first-order chi connectivity index (χ1) is 16.0. The van der Waals surface area contributed by atoms with E-state index in [0.717, 1.165) is 27.7 Å². The zero-order valence-corrected chi connectivity index (χ0v) is 19.1. The number of benzene rings is 3. The number of hydrogen-bond donors (Lipinski definition) is 0. The van der Waals surface area contributed by atoms with Crippen LogP contribution in [0.1, 0.15) is 27.4 Å². The molecule has 4 nitrogen and oxygen atoms in total. The van der Waals surface area contributed by atoms with Crippen LogP contribution in [0.5, 0.6) is 5.75 Å². The molecule has 0 aliphatic heterocycles. The molecule has 33 heavy (non-hydrogen) atoms. The minimum absolute atomic E-state index is 0.150. The number of ketones is 1. The lowest BCUT2D eigenvalue weighted by Gasteiger charge is -2.09. The van der Waals surface area contributed by atoms with E-state index in [-0.39, 0.29) is 5.78 Å². The Labute approximate surface area is 197 Å². The Morgan fingerprint density at radius 2 is 1.73 bits per heavy atom. The SMILES string of the molecule is COc1ccc2c(c1)c(C(=O)c1ccc(-c3ccccc3)o1)c(C)n2Cc1ccc(Cl)cc1. The van der Waals surface area contributed by atoms with E-state index in [1.807, 2.05) is 85.8 Å². The average Bonchev–Trinajstić information content (AvgIpc) is 3.44. The van der Waals surface area contributed by atoms with E-state index in [1.165, 1.54) is 0 Å². The summed E-state index contributed by atoms with van der Waals surface area (Å²) in [6.07, 6.45) is 0. The van der Waals surface area contributed by atoms with E-state index < -0.39 is 0 Å². The maximum absolute atomic E-state index is 13.7. The molecule has 0 aliphatic rings. The third-order valence-corrected chi connectivity index (χ3v) is 6.15. The van der Waals surface area contributed by atoms with Gasteiger partial charge < -0.3 is 13.7 Å². The van der Waals surface area contributed by atoms with Gasteiger partial charge >= 0.3 is 0 Å². The van der Waals surface area contributed by atoms with Crippen molar-refractivity contribution in [1.82, 2.24) is 4.57 Å². The Balaban J connectivity index is 1.61. The van der Waals surface area contributed by atoms with Crippen LogP contribution in [0.2, 0.25) is 5.02 Å². The molecule has 164 valence electrons. The third kappa shape index (κ3) is 3.94. The molecule has 5 rings (SSSR count). The molecule has 5 aromatic rings. The normalized spacial score (nSPS) is 11.1. The summed E-state index contributed by atoms with van der Waals surface area (Å²) >= 11 is 6.06. The number of ether oxygens (including phenoxy) is 1. The van der Waals surface area contributed by atoms with E-state index in [1.54, 1.807) is 13.2 Å². The molecule has 2 heterocycles. The lowest BCUT2D eigenvalue weighted by molar-refractivity contribution is 0.101. The van der Waals surface area contributed by atoms with Crippen LogP contribution in [0.25, 0.3) is 22.2 Å². The van der Waals surface area contributed by atoms with Crippen LogP contribution in [-0.4, -0.2) is 17.5 Å². The highest BCUT2D eigenvalue weighted by Crippen LogP contribution is 2.33. The summed E-state index contributed by atoms with van der Waals surface area (Å²) in [5.74, 6) is 1.52. The molecule has 0 radical (unpaired) electrons. The zero-order chi connectivity index (χ0) is 22.9. The van der Waals surface area contributed by atoms with Gasteiger partial charge in [-0.25, -0.2) is 0 Å². The summed E-state index contributed by atoms with van der Waals surface area (Å²) in [7, 11) is 1.62. The van der Waals surface area contributed by atoms with Gasteiger partial charge in [0.2, 0.25) is 5.78 Å². The molecule has 0 bridgehead atoms. The quantitative estimate of drug-likeness (QED) is 0.255. The van der Waals surface area contributed by atoms with Crippen LogP contribution in [-0.2, 0) is 6.54 Å². The van der Waals surface area contributed by atoms with Gasteiger partial charge in [-0.05, 0) is 55.0 Å². The van der Waals surface area contributed by atoms with Gasteiger partial charge in [0.15, 0.2) is 5.76 Å².